The fourth-order valence-corrected chi connectivity index (χ4v) is 4.55. The molecule has 0 aliphatic carbocycles. The minimum Gasteiger partial charge on any atom is -0.482 e. The molecule has 0 bridgehead atoms. The van der Waals surface area contributed by atoms with Gasteiger partial charge in [-0.3, -0.25) is 4.79 Å². The van der Waals surface area contributed by atoms with Crippen LogP contribution in [0, 0.1) is 0 Å². The number of aromatic nitrogens is 1. The van der Waals surface area contributed by atoms with Gasteiger partial charge in [0.25, 0.3) is 5.91 Å². The number of hydrogen-bond acceptors (Lipinski definition) is 6. The topological polar surface area (TPSA) is 81.9 Å². The molecule has 1 aromatic heterocycles. The van der Waals surface area contributed by atoms with Crippen LogP contribution in [0.25, 0.3) is 22.6 Å². The van der Waals surface area contributed by atoms with E-state index in [9.17, 15) is 9.59 Å². The fourth-order valence-electron chi connectivity index (χ4n) is 4.55. The lowest BCUT2D eigenvalue weighted by Gasteiger charge is -2.22. The number of oxazole rings is 1. The van der Waals surface area contributed by atoms with Crippen molar-refractivity contribution in [1.82, 2.24) is 9.88 Å². The van der Waals surface area contributed by atoms with Crippen LogP contribution in [0.5, 0.6) is 5.75 Å². The van der Waals surface area contributed by atoms with Crippen LogP contribution >= 0.6 is 0 Å². The number of ether oxygens (including phenoxy) is 2. The van der Waals surface area contributed by atoms with E-state index in [0.29, 0.717) is 29.5 Å². The predicted octanol–water partition coefficient (Wildman–Crippen LogP) is 5.93. The number of hydrogen-bond donors (Lipinski definition) is 0. The third-order valence-corrected chi connectivity index (χ3v) is 6.27. The fraction of sp³-hybridized carbons (Fsp3) is 0.233. The smallest absolute Gasteiger partial charge is 0.344 e. The molecule has 0 saturated carbocycles. The molecule has 188 valence electrons. The standard InChI is InChI=1S/C30H28N2O5/c1-2-35-26(33)20-36-24-16-9-15-23(19-24)30(34)32-18-10-17-25(32)29-31-27(21-11-5-3-6-12-21)28(37-29)22-13-7-4-8-14-22/h3-9,11-16,19,25H,2,10,17-18,20H2,1H3. The van der Waals surface area contributed by atoms with Gasteiger partial charge >= 0.3 is 5.97 Å². The van der Waals surface area contributed by atoms with Crippen molar-refractivity contribution in [3.05, 3.63) is 96.4 Å². The second-order valence-electron chi connectivity index (χ2n) is 8.74. The van der Waals surface area contributed by atoms with Crippen LogP contribution in [0.15, 0.2) is 89.3 Å². The summed E-state index contributed by atoms with van der Waals surface area (Å²) >= 11 is 0. The Kier molecular flexibility index (Phi) is 7.31. The summed E-state index contributed by atoms with van der Waals surface area (Å²) in [6, 6.07) is 26.4. The lowest BCUT2D eigenvalue weighted by Crippen LogP contribution is -2.30. The summed E-state index contributed by atoms with van der Waals surface area (Å²) in [4.78, 5) is 31.9. The third-order valence-electron chi connectivity index (χ3n) is 6.27. The van der Waals surface area contributed by atoms with Gasteiger partial charge in [0.05, 0.1) is 6.61 Å². The summed E-state index contributed by atoms with van der Waals surface area (Å²) in [5.41, 5.74) is 3.13. The number of carbonyl (C=O) groups excluding carboxylic acids is 2. The second-order valence-corrected chi connectivity index (χ2v) is 8.74. The van der Waals surface area contributed by atoms with Crippen LogP contribution in [0.1, 0.15) is 42.1 Å². The van der Waals surface area contributed by atoms with Gasteiger partial charge in [-0.1, -0.05) is 66.7 Å². The van der Waals surface area contributed by atoms with Crippen LogP contribution < -0.4 is 4.74 Å². The van der Waals surface area contributed by atoms with E-state index >= 15 is 0 Å². The summed E-state index contributed by atoms with van der Waals surface area (Å²) in [5.74, 6) is 1.06. The largest absolute Gasteiger partial charge is 0.482 e. The monoisotopic (exact) mass is 496 g/mol. The number of nitrogens with zero attached hydrogens (tertiary/aromatic N) is 2. The Bertz CT molecular complexity index is 1310. The van der Waals surface area contributed by atoms with Gasteiger partial charge in [0.2, 0.25) is 5.89 Å². The van der Waals surface area contributed by atoms with E-state index in [0.717, 1.165) is 29.7 Å². The van der Waals surface area contributed by atoms with Gasteiger partial charge < -0.3 is 18.8 Å². The van der Waals surface area contributed by atoms with E-state index in [2.05, 4.69) is 0 Å². The molecule has 1 fully saturated rings. The van der Waals surface area contributed by atoms with Crippen molar-refractivity contribution in [2.24, 2.45) is 0 Å². The number of rotatable bonds is 8. The summed E-state index contributed by atoms with van der Waals surface area (Å²) in [6.07, 6.45) is 1.60. The zero-order valence-electron chi connectivity index (χ0n) is 20.6. The molecule has 0 spiro atoms. The van der Waals surface area contributed by atoms with E-state index < -0.39 is 5.97 Å². The van der Waals surface area contributed by atoms with Crippen molar-refractivity contribution in [1.29, 1.82) is 0 Å². The van der Waals surface area contributed by atoms with E-state index in [-0.39, 0.29) is 25.2 Å². The maximum atomic E-state index is 13.6. The highest BCUT2D eigenvalue weighted by Crippen LogP contribution is 2.39. The Morgan fingerprint density at radius 3 is 2.43 bits per heavy atom. The highest BCUT2D eigenvalue weighted by atomic mass is 16.6. The minimum atomic E-state index is -0.453. The Labute approximate surface area is 215 Å². The molecule has 1 aliphatic rings. The van der Waals surface area contributed by atoms with Gasteiger partial charge in [-0.05, 0) is 38.0 Å². The molecule has 1 amide bonds. The van der Waals surface area contributed by atoms with Crippen LogP contribution in [0.2, 0.25) is 0 Å². The average Bonchev–Trinajstić information content (AvgIpc) is 3.61. The zero-order chi connectivity index (χ0) is 25.6. The molecule has 3 aromatic carbocycles. The first-order valence-electron chi connectivity index (χ1n) is 12.4. The number of esters is 1. The molecule has 0 N–H and O–H groups in total. The molecule has 5 rings (SSSR count). The van der Waals surface area contributed by atoms with E-state index in [1.807, 2.05) is 60.7 Å². The van der Waals surface area contributed by atoms with Gasteiger partial charge in [0, 0.05) is 23.2 Å². The molecule has 2 heterocycles. The van der Waals surface area contributed by atoms with Gasteiger partial charge in [0.15, 0.2) is 12.4 Å². The Balaban J connectivity index is 1.42. The van der Waals surface area contributed by atoms with Crippen LogP contribution in [-0.4, -0.2) is 41.5 Å². The minimum absolute atomic E-state index is 0.134. The lowest BCUT2D eigenvalue weighted by molar-refractivity contribution is -0.145. The first kappa shape index (κ1) is 24.3. The van der Waals surface area contributed by atoms with Gasteiger partial charge in [-0.25, -0.2) is 9.78 Å². The summed E-state index contributed by atoms with van der Waals surface area (Å²) < 4.78 is 16.8. The molecule has 7 nitrogen and oxygen atoms in total. The average molecular weight is 497 g/mol. The van der Waals surface area contributed by atoms with Crippen molar-refractivity contribution in [2.75, 3.05) is 19.8 Å². The van der Waals surface area contributed by atoms with Crippen molar-refractivity contribution >= 4 is 11.9 Å². The molecule has 7 heteroatoms. The van der Waals surface area contributed by atoms with Crippen molar-refractivity contribution < 1.29 is 23.5 Å². The van der Waals surface area contributed by atoms with Crippen molar-refractivity contribution in [3.8, 4) is 28.3 Å². The Morgan fingerprint density at radius 1 is 0.973 bits per heavy atom. The first-order chi connectivity index (χ1) is 18.1. The highest BCUT2D eigenvalue weighted by Gasteiger charge is 2.35. The van der Waals surface area contributed by atoms with Gasteiger partial charge in [-0.15, -0.1) is 0 Å². The maximum absolute atomic E-state index is 13.6. The first-order valence-corrected chi connectivity index (χ1v) is 12.4. The second kappa shape index (κ2) is 11.1. The van der Waals surface area contributed by atoms with E-state index in [1.54, 1.807) is 36.1 Å². The van der Waals surface area contributed by atoms with Gasteiger partial charge in [-0.2, -0.15) is 0 Å². The molecule has 1 saturated heterocycles. The molecule has 4 aromatic rings. The van der Waals surface area contributed by atoms with Gasteiger partial charge in [0.1, 0.15) is 17.5 Å². The highest BCUT2D eigenvalue weighted by molar-refractivity contribution is 5.95. The molecule has 1 atom stereocenters. The molecular weight excluding hydrogens is 468 g/mol. The maximum Gasteiger partial charge on any atom is 0.344 e. The Hall–Kier alpha value is -4.39. The third kappa shape index (κ3) is 5.40. The normalized spacial score (nSPS) is 14.9. The molecule has 0 radical (unpaired) electrons. The van der Waals surface area contributed by atoms with Crippen LogP contribution in [0.4, 0.5) is 0 Å². The lowest BCUT2D eigenvalue weighted by atomic mass is 10.1. The SMILES string of the molecule is CCOC(=O)COc1cccc(C(=O)N2CCCC2c2nc(-c3ccccc3)c(-c3ccccc3)o2)c1. The molecule has 1 aliphatic heterocycles. The molecule has 37 heavy (non-hydrogen) atoms. The number of amides is 1. The molecular formula is C30H28N2O5. The number of benzene rings is 3. The number of carbonyl (C=O) groups is 2. The summed E-state index contributed by atoms with van der Waals surface area (Å²) in [5, 5.41) is 0. The quantitative estimate of drug-likeness (QED) is 0.281. The van der Waals surface area contributed by atoms with Crippen molar-refractivity contribution in [2.45, 2.75) is 25.8 Å². The van der Waals surface area contributed by atoms with E-state index in [4.69, 9.17) is 18.9 Å². The number of likely N-dealkylation sites (tertiary alicyclic amines) is 1. The van der Waals surface area contributed by atoms with Crippen molar-refractivity contribution in [3.63, 3.8) is 0 Å². The summed E-state index contributed by atoms with van der Waals surface area (Å²) in [6.45, 7) is 2.42. The zero-order valence-corrected chi connectivity index (χ0v) is 20.6. The summed E-state index contributed by atoms with van der Waals surface area (Å²) in [7, 11) is 0. The Morgan fingerprint density at radius 2 is 1.70 bits per heavy atom. The van der Waals surface area contributed by atoms with Crippen LogP contribution in [0.3, 0.4) is 0 Å². The predicted molar refractivity (Wildman–Crippen MR) is 139 cm³/mol. The van der Waals surface area contributed by atoms with E-state index in [1.165, 1.54) is 0 Å². The molecule has 1 unspecified atom stereocenters. The van der Waals surface area contributed by atoms with Crippen LogP contribution in [-0.2, 0) is 9.53 Å².